The van der Waals surface area contributed by atoms with E-state index in [1.165, 1.54) is 0 Å². The van der Waals surface area contributed by atoms with E-state index < -0.39 is 17.8 Å². The summed E-state index contributed by atoms with van der Waals surface area (Å²) >= 11 is 0. The molecule has 0 N–H and O–H groups in total. The Hall–Kier alpha value is -2.21. The number of hydroxylamine groups is 2. The molecule has 2 heterocycles. The molecule has 0 bridgehead atoms. The fourth-order valence-corrected chi connectivity index (χ4v) is 3.05. The van der Waals surface area contributed by atoms with Gasteiger partial charge in [-0.25, -0.2) is 4.79 Å². The van der Waals surface area contributed by atoms with Crippen LogP contribution in [0.5, 0.6) is 0 Å². The van der Waals surface area contributed by atoms with Gasteiger partial charge in [-0.15, -0.1) is 0 Å². The number of hydrogen-bond acceptors (Lipinski definition) is 5. The minimum Gasteiger partial charge on any atom is -0.378 e. The van der Waals surface area contributed by atoms with Gasteiger partial charge in [-0.1, -0.05) is 24.1 Å². The largest absolute Gasteiger partial charge is 0.378 e. The van der Waals surface area contributed by atoms with Crippen molar-refractivity contribution in [2.24, 2.45) is 5.92 Å². The van der Waals surface area contributed by atoms with Gasteiger partial charge in [-0.05, 0) is 37.3 Å². The standard InChI is InChI=1S/C17H19NO5/c1-2-12-9-11(7-8-22-12)10-15(19)23-18-16(20)13-5-3-4-6-14(13)17(18)21/h3-6,11-12H,2,7-10H2,1H3. The molecule has 0 radical (unpaired) electrons. The van der Waals surface area contributed by atoms with Crippen LogP contribution < -0.4 is 0 Å². The molecule has 1 fully saturated rings. The zero-order chi connectivity index (χ0) is 16.4. The highest BCUT2D eigenvalue weighted by molar-refractivity contribution is 6.20. The molecule has 2 amide bonds. The molecule has 1 aromatic rings. The van der Waals surface area contributed by atoms with Crippen molar-refractivity contribution in [1.29, 1.82) is 0 Å². The zero-order valence-electron chi connectivity index (χ0n) is 13.0. The predicted molar refractivity (Wildman–Crippen MR) is 80.4 cm³/mol. The molecule has 23 heavy (non-hydrogen) atoms. The Balaban J connectivity index is 1.61. The van der Waals surface area contributed by atoms with Gasteiger partial charge in [0.15, 0.2) is 0 Å². The van der Waals surface area contributed by atoms with Crippen LogP contribution in [0.1, 0.15) is 53.3 Å². The lowest BCUT2D eigenvalue weighted by Crippen LogP contribution is -2.34. The SMILES string of the molecule is CCC1CC(CC(=O)ON2C(=O)c3ccccc3C2=O)CCO1. The van der Waals surface area contributed by atoms with E-state index in [4.69, 9.17) is 9.57 Å². The number of benzene rings is 1. The Morgan fingerprint density at radius 1 is 1.26 bits per heavy atom. The highest BCUT2D eigenvalue weighted by Gasteiger charge is 2.39. The topological polar surface area (TPSA) is 72.9 Å². The van der Waals surface area contributed by atoms with Gasteiger partial charge in [-0.2, -0.15) is 0 Å². The molecule has 2 atom stereocenters. The highest BCUT2D eigenvalue weighted by atomic mass is 16.7. The van der Waals surface area contributed by atoms with Crippen molar-refractivity contribution in [3.05, 3.63) is 35.4 Å². The number of amides is 2. The van der Waals surface area contributed by atoms with Crippen LogP contribution in [0.15, 0.2) is 24.3 Å². The molecule has 1 saturated heterocycles. The van der Waals surface area contributed by atoms with E-state index >= 15 is 0 Å². The molecule has 6 heteroatoms. The van der Waals surface area contributed by atoms with Crippen molar-refractivity contribution in [3.63, 3.8) is 0 Å². The Morgan fingerprint density at radius 2 is 1.91 bits per heavy atom. The third kappa shape index (κ3) is 3.12. The van der Waals surface area contributed by atoms with Crippen LogP contribution in [0.25, 0.3) is 0 Å². The fourth-order valence-electron chi connectivity index (χ4n) is 3.05. The van der Waals surface area contributed by atoms with Crippen LogP contribution in [0.2, 0.25) is 0 Å². The van der Waals surface area contributed by atoms with Gasteiger partial charge < -0.3 is 9.57 Å². The van der Waals surface area contributed by atoms with E-state index in [1.807, 2.05) is 6.92 Å². The van der Waals surface area contributed by atoms with Gasteiger partial charge in [0.25, 0.3) is 11.8 Å². The molecular weight excluding hydrogens is 298 g/mol. The first kappa shape index (κ1) is 15.7. The maximum Gasteiger partial charge on any atom is 0.333 e. The quantitative estimate of drug-likeness (QED) is 0.797. The normalized spacial score (nSPS) is 23.8. The monoisotopic (exact) mass is 317 g/mol. The molecule has 1 aromatic carbocycles. The summed E-state index contributed by atoms with van der Waals surface area (Å²) in [6.07, 6.45) is 2.85. The lowest BCUT2D eigenvalue weighted by molar-refractivity contribution is -0.170. The Morgan fingerprint density at radius 3 is 2.52 bits per heavy atom. The third-order valence-corrected chi connectivity index (χ3v) is 4.34. The zero-order valence-corrected chi connectivity index (χ0v) is 13.0. The first-order chi connectivity index (χ1) is 11.1. The van der Waals surface area contributed by atoms with Crippen LogP contribution in [-0.4, -0.2) is 35.6 Å². The third-order valence-electron chi connectivity index (χ3n) is 4.34. The highest BCUT2D eigenvalue weighted by Crippen LogP contribution is 2.27. The van der Waals surface area contributed by atoms with E-state index in [-0.39, 0.29) is 29.6 Å². The lowest BCUT2D eigenvalue weighted by atomic mass is 9.92. The van der Waals surface area contributed by atoms with E-state index in [0.717, 1.165) is 19.3 Å². The van der Waals surface area contributed by atoms with Crippen LogP contribution in [0, 0.1) is 5.92 Å². The van der Waals surface area contributed by atoms with Crippen molar-refractivity contribution in [2.75, 3.05) is 6.61 Å². The molecule has 2 unspecified atom stereocenters. The minimum absolute atomic E-state index is 0.163. The number of fused-ring (bicyclic) bond motifs is 1. The Kier molecular flexibility index (Phi) is 4.43. The number of rotatable bonds is 4. The average molecular weight is 317 g/mol. The van der Waals surface area contributed by atoms with Gasteiger partial charge >= 0.3 is 5.97 Å². The molecular formula is C17H19NO5. The summed E-state index contributed by atoms with van der Waals surface area (Å²) in [5, 5.41) is 0.573. The maximum absolute atomic E-state index is 12.1. The van der Waals surface area contributed by atoms with Crippen LogP contribution in [0.3, 0.4) is 0 Å². The van der Waals surface area contributed by atoms with Gasteiger partial charge in [0, 0.05) is 6.61 Å². The molecule has 0 aliphatic carbocycles. The number of imide groups is 1. The molecule has 6 nitrogen and oxygen atoms in total. The van der Waals surface area contributed by atoms with Crippen molar-refractivity contribution < 1.29 is 24.0 Å². The van der Waals surface area contributed by atoms with Gasteiger partial charge in [0.2, 0.25) is 0 Å². The summed E-state index contributed by atoms with van der Waals surface area (Å²) in [7, 11) is 0. The van der Waals surface area contributed by atoms with E-state index in [2.05, 4.69) is 0 Å². The molecule has 2 aliphatic rings. The second-order valence-electron chi connectivity index (χ2n) is 5.91. The summed E-state index contributed by atoms with van der Waals surface area (Å²) in [5.74, 6) is -1.56. The Labute approximate surface area is 134 Å². The van der Waals surface area contributed by atoms with Crippen LogP contribution >= 0.6 is 0 Å². The summed E-state index contributed by atoms with van der Waals surface area (Å²) in [4.78, 5) is 41.4. The van der Waals surface area contributed by atoms with E-state index in [0.29, 0.717) is 11.7 Å². The summed E-state index contributed by atoms with van der Waals surface area (Å²) in [6, 6.07) is 6.44. The first-order valence-electron chi connectivity index (χ1n) is 7.90. The van der Waals surface area contributed by atoms with E-state index in [9.17, 15) is 14.4 Å². The number of hydrogen-bond donors (Lipinski definition) is 0. The minimum atomic E-state index is -0.586. The second-order valence-corrected chi connectivity index (χ2v) is 5.91. The number of carbonyl (C=O) groups is 3. The summed E-state index contributed by atoms with van der Waals surface area (Å²) in [6.45, 7) is 2.67. The first-order valence-corrected chi connectivity index (χ1v) is 7.90. The average Bonchev–Trinajstić information content (AvgIpc) is 2.80. The maximum atomic E-state index is 12.1. The smallest absolute Gasteiger partial charge is 0.333 e. The number of nitrogens with zero attached hydrogens (tertiary/aromatic N) is 1. The van der Waals surface area contributed by atoms with Crippen molar-refractivity contribution in [1.82, 2.24) is 5.06 Å². The fraction of sp³-hybridized carbons (Fsp3) is 0.471. The Bertz CT molecular complexity index is 607. The van der Waals surface area contributed by atoms with Gasteiger partial charge in [-0.3, -0.25) is 9.59 Å². The molecule has 3 rings (SSSR count). The second kappa shape index (κ2) is 6.50. The van der Waals surface area contributed by atoms with Crippen molar-refractivity contribution >= 4 is 17.8 Å². The van der Waals surface area contributed by atoms with Gasteiger partial charge in [0.1, 0.15) is 0 Å². The number of carbonyl (C=O) groups excluding carboxylic acids is 3. The molecule has 0 spiro atoms. The molecule has 0 aromatic heterocycles. The summed E-state index contributed by atoms with van der Waals surface area (Å²) in [5.41, 5.74) is 0.532. The predicted octanol–water partition coefficient (Wildman–Crippen LogP) is 2.34. The lowest BCUT2D eigenvalue weighted by Gasteiger charge is -2.28. The molecule has 0 saturated carbocycles. The van der Waals surface area contributed by atoms with E-state index in [1.54, 1.807) is 24.3 Å². The number of ether oxygens (including phenoxy) is 1. The summed E-state index contributed by atoms with van der Waals surface area (Å²) < 4.78 is 5.58. The molecule has 122 valence electrons. The van der Waals surface area contributed by atoms with Gasteiger partial charge in [0.05, 0.1) is 23.7 Å². The molecule has 2 aliphatic heterocycles. The van der Waals surface area contributed by atoms with Crippen LogP contribution in [-0.2, 0) is 14.4 Å². The van der Waals surface area contributed by atoms with Crippen molar-refractivity contribution in [2.45, 2.75) is 38.7 Å². The van der Waals surface area contributed by atoms with Crippen LogP contribution in [0.4, 0.5) is 0 Å². The van der Waals surface area contributed by atoms with Crippen molar-refractivity contribution in [3.8, 4) is 0 Å².